The number of aryl methyl sites for hydroxylation is 1. The molecule has 55 heavy (non-hydrogen) atoms. The van der Waals surface area contributed by atoms with E-state index < -0.39 is 40.8 Å². The van der Waals surface area contributed by atoms with Crippen molar-refractivity contribution in [2.24, 2.45) is 0 Å². The monoisotopic (exact) mass is 794 g/mol. The third-order valence-corrected chi connectivity index (χ3v) is 9.82. The molecule has 0 atom stereocenters. The van der Waals surface area contributed by atoms with Crippen LogP contribution >= 0.6 is 12.2 Å². The summed E-state index contributed by atoms with van der Waals surface area (Å²) in [5.74, 6) is 0.354. The number of anilines is 2. The highest BCUT2D eigenvalue weighted by atomic mass is 32.1. The second kappa shape index (κ2) is 16.8. The van der Waals surface area contributed by atoms with E-state index in [0.717, 1.165) is 29.8 Å². The number of methoxy groups -OCH3 is 1. The van der Waals surface area contributed by atoms with Gasteiger partial charge in [-0.1, -0.05) is 6.07 Å². The van der Waals surface area contributed by atoms with Crippen LogP contribution in [0.25, 0.3) is 0 Å². The SMILES string of the molecule is COc1cccnc1C1(F)CCN(C(=O)Nc2ccc(C(F)(F)F)cc2)CC1.Cc1cccnc1C1(F)CCN(C(=S)Nc2ccc(C(F)(F)F)cc2)CC1. The Labute approximate surface area is 317 Å². The van der Waals surface area contributed by atoms with Gasteiger partial charge in [0.25, 0.3) is 0 Å². The Kier molecular flexibility index (Phi) is 12.5. The summed E-state index contributed by atoms with van der Waals surface area (Å²) in [6.07, 6.45) is -5.15. The van der Waals surface area contributed by atoms with Crippen LogP contribution in [0.1, 0.15) is 53.8 Å². The lowest BCUT2D eigenvalue weighted by Crippen LogP contribution is -2.45. The fourth-order valence-electron chi connectivity index (χ4n) is 6.34. The fourth-order valence-corrected chi connectivity index (χ4v) is 6.64. The highest BCUT2D eigenvalue weighted by Crippen LogP contribution is 2.41. The number of nitrogens with zero attached hydrogens (tertiary/aromatic N) is 4. The van der Waals surface area contributed by atoms with E-state index in [0.29, 0.717) is 35.3 Å². The van der Waals surface area contributed by atoms with Crippen molar-refractivity contribution in [3.63, 3.8) is 0 Å². The zero-order valence-electron chi connectivity index (χ0n) is 29.8. The van der Waals surface area contributed by atoms with Crippen molar-refractivity contribution >= 4 is 34.7 Å². The summed E-state index contributed by atoms with van der Waals surface area (Å²) >= 11 is 5.33. The van der Waals surface area contributed by atoms with Crippen LogP contribution in [0.15, 0.2) is 85.2 Å². The Bertz CT molecular complexity index is 1930. The first kappa shape index (κ1) is 41.1. The van der Waals surface area contributed by atoms with Gasteiger partial charge in [0, 0.05) is 75.6 Å². The Morgan fingerprint density at radius 3 is 1.60 bits per heavy atom. The van der Waals surface area contributed by atoms with Crippen LogP contribution in [-0.2, 0) is 23.7 Å². The number of benzene rings is 2. The summed E-state index contributed by atoms with van der Waals surface area (Å²) in [5, 5.41) is 5.83. The molecule has 2 aliphatic rings. The molecule has 2 aromatic carbocycles. The number of thiocarbonyl (C=S) groups is 1. The molecule has 2 amide bonds. The maximum absolute atomic E-state index is 15.4. The first-order valence-corrected chi connectivity index (χ1v) is 17.6. The number of amides is 2. The third kappa shape index (κ3) is 10.2. The summed E-state index contributed by atoms with van der Waals surface area (Å²) in [6.45, 7) is 2.93. The molecular weight excluding hydrogens is 757 g/mol. The Balaban J connectivity index is 0.000000211. The van der Waals surface area contributed by atoms with E-state index in [-0.39, 0.29) is 50.2 Å². The topological polar surface area (TPSA) is 82.6 Å². The molecule has 8 nitrogen and oxygen atoms in total. The molecule has 17 heteroatoms. The molecule has 0 unspecified atom stereocenters. The molecule has 2 saturated heterocycles. The first-order valence-electron chi connectivity index (χ1n) is 17.2. The van der Waals surface area contributed by atoms with Gasteiger partial charge in [-0.05, 0) is 91.4 Å². The molecule has 6 rings (SSSR count). The number of halogens is 8. The molecule has 4 aromatic rings. The number of nitrogens with one attached hydrogen (secondary N) is 2. The number of urea groups is 1. The minimum Gasteiger partial charge on any atom is -0.495 e. The van der Waals surface area contributed by atoms with Gasteiger partial charge in [0.2, 0.25) is 0 Å². The number of rotatable bonds is 5. The van der Waals surface area contributed by atoms with Gasteiger partial charge in [-0.15, -0.1) is 0 Å². The lowest BCUT2D eigenvalue weighted by Gasteiger charge is -2.37. The van der Waals surface area contributed by atoms with Gasteiger partial charge in [0.1, 0.15) is 11.4 Å². The van der Waals surface area contributed by atoms with E-state index in [1.807, 2.05) is 17.9 Å². The van der Waals surface area contributed by atoms with Gasteiger partial charge in [0.15, 0.2) is 16.4 Å². The Hall–Kier alpha value is -5.06. The molecular formula is C38H38F8N6O2S. The van der Waals surface area contributed by atoms with Crippen LogP contribution in [0.2, 0.25) is 0 Å². The van der Waals surface area contributed by atoms with Crippen LogP contribution in [0.3, 0.4) is 0 Å². The van der Waals surface area contributed by atoms with Gasteiger partial charge < -0.3 is 25.2 Å². The molecule has 2 N–H and O–H groups in total. The van der Waals surface area contributed by atoms with Crippen molar-refractivity contribution < 1.29 is 44.7 Å². The number of ether oxygens (including phenoxy) is 1. The summed E-state index contributed by atoms with van der Waals surface area (Å²) < 4.78 is 112. The van der Waals surface area contributed by atoms with Gasteiger partial charge in [-0.3, -0.25) is 9.97 Å². The quantitative estimate of drug-likeness (QED) is 0.154. The molecule has 0 bridgehead atoms. The van der Waals surface area contributed by atoms with E-state index in [1.165, 1.54) is 42.5 Å². The standard InChI is InChI=1S/C19H19F4N3O2.C19H19F4N3S/c1-28-15-3-2-10-24-16(15)18(20)8-11-26(12-9-18)17(27)25-14-6-4-13(5-7-14)19(21,22)23;1-13-3-2-10-24-16(13)18(20)8-11-26(12-9-18)17(27)25-15-6-4-14(5-7-15)19(21,22)23/h2-7,10H,8-9,11-12H2,1H3,(H,25,27);2-7,10H,8-9,11-12H2,1H3,(H,25,27). The lowest BCUT2D eigenvalue weighted by molar-refractivity contribution is -0.138. The predicted molar refractivity (Wildman–Crippen MR) is 195 cm³/mol. The molecule has 0 aliphatic carbocycles. The number of pyridine rings is 2. The van der Waals surface area contributed by atoms with E-state index in [4.69, 9.17) is 17.0 Å². The first-order chi connectivity index (χ1) is 25.9. The number of aromatic nitrogens is 2. The van der Waals surface area contributed by atoms with Crippen LogP contribution in [-0.4, -0.2) is 64.2 Å². The Morgan fingerprint density at radius 1 is 0.691 bits per heavy atom. The average molecular weight is 795 g/mol. The summed E-state index contributed by atoms with van der Waals surface area (Å²) in [7, 11) is 1.44. The van der Waals surface area contributed by atoms with Gasteiger partial charge in [-0.2, -0.15) is 26.3 Å². The summed E-state index contributed by atoms with van der Waals surface area (Å²) in [4.78, 5) is 23.9. The van der Waals surface area contributed by atoms with Crippen molar-refractivity contribution in [1.29, 1.82) is 0 Å². The molecule has 2 aromatic heterocycles. The molecule has 0 radical (unpaired) electrons. The fraction of sp³-hybridized carbons (Fsp3) is 0.368. The van der Waals surface area contributed by atoms with Crippen molar-refractivity contribution in [2.75, 3.05) is 43.9 Å². The van der Waals surface area contributed by atoms with E-state index in [1.54, 1.807) is 24.4 Å². The van der Waals surface area contributed by atoms with E-state index in [2.05, 4.69) is 20.6 Å². The third-order valence-electron chi connectivity index (χ3n) is 9.46. The number of carbonyl (C=O) groups excluding carboxylic acids is 1. The molecule has 294 valence electrons. The molecule has 2 fully saturated rings. The van der Waals surface area contributed by atoms with Crippen molar-refractivity contribution in [3.8, 4) is 5.75 Å². The number of likely N-dealkylation sites (tertiary alicyclic amines) is 2. The molecule has 4 heterocycles. The highest BCUT2D eigenvalue weighted by molar-refractivity contribution is 7.80. The number of piperidine rings is 2. The predicted octanol–water partition coefficient (Wildman–Crippen LogP) is 9.67. The van der Waals surface area contributed by atoms with Crippen LogP contribution in [0.5, 0.6) is 5.75 Å². The van der Waals surface area contributed by atoms with E-state index in [9.17, 15) is 31.1 Å². The lowest BCUT2D eigenvalue weighted by atomic mass is 9.87. The van der Waals surface area contributed by atoms with Crippen molar-refractivity contribution in [3.05, 3.63) is 113 Å². The number of hydrogen-bond acceptors (Lipinski definition) is 5. The second-order valence-electron chi connectivity index (χ2n) is 13.1. The smallest absolute Gasteiger partial charge is 0.416 e. The number of carbonyl (C=O) groups is 1. The highest BCUT2D eigenvalue weighted by Gasteiger charge is 2.41. The van der Waals surface area contributed by atoms with Gasteiger partial charge in [0.05, 0.1) is 23.9 Å². The summed E-state index contributed by atoms with van der Waals surface area (Å²) in [5.41, 5.74) is -2.53. The maximum atomic E-state index is 15.4. The summed E-state index contributed by atoms with van der Waals surface area (Å²) in [6, 6.07) is 15.2. The average Bonchev–Trinajstić information content (AvgIpc) is 3.15. The van der Waals surface area contributed by atoms with Crippen molar-refractivity contribution in [2.45, 2.75) is 56.3 Å². The minimum atomic E-state index is -4.44. The second-order valence-corrected chi connectivity index (χ2v) is 13.5. The zero-order valence-corrected chi connectivity index (χ0v) is 30.6. The molecule has 0 spiro atoms. The zero-order chi connectivity index (χ0) is 40.0. The van der Waals surface area contributed by atoms with Crippen molar-refractivity contribution in [1.82, 2.24) is 19.8 Å². The number of hydrogen-bond donors (Lipinski definition) is 2. The number of alkyl halides is 8. The minimum absolute atomic E-state index is 0.0425. The van der Waals surface area contributed by atoms with Crippen LogP contribution < -0.4 is 15.4 Å². The molecule has 0 saturated carbocycles. The molecule has 2 aliphatic heterocycles. The van der Waals surface area contributed by atoms with Crippen LogP contribution in [0.4, 0.5) is 51.3 Å². The normalized spacial score (nSPS) is 16.7. The van der Waals surface area contributed by atoms with E-state index >= 15 is 8.78 Å². The van der Waals surface area contributed by atoms with Gasteiger partial charge >= 0.3 is 18.4 Å². The van der Waals surface area contributed by atoms with Gasteiger partial charge in [-0.25, -0.2) is 13.6 Å². The Morgan fingerprint density at radius 2 is 1.13 bits per heavy atom. The maximum Gasteiger partial charge on any atom is 0.416 e. The van der Waals surface area contributed by atoms with Crippen LogP contribution in [0, 0.1) is 6.92 Å². The largest absolute Gasteiger partial charge is 0.495 e.